The van der Waals surface area contributed by atoms with Crippen molar-refractivity contribution in [1.82, 2.24) is 5.32 Å². The summed E-state index contributed by atoms with van der Waals surface area (Å²) in [6.45, 7) is 0. The van der Waals surface area contributed by atoms with Crippen LogP contribution in [-0.2, 0) is 14.4 Å². The van der Waals surface area contributed by atoms with Gasteiger partial charge in [0.05, 0.1) is 17.9 Å². The lowest BCUT2D eigenvalue weighted by Crippen LogP contribution is -2.53. The maximum Gasteiger partial charge on any atom is 0.307 e. The van der Waals surface area contributed by atoms with Gasteiger partial charge in [0, 0.05) is 5.75 Å². The lowest BCUT2D eigenvalue weighted by atomic mass is 9.58. The number of rotatable bonds is 3. The molecule has 0 radical (unpaired) electrons. The van der Waals surface area contributed by atoms with E-state index in [1.165, 1.54) is 11.8 Å². The van der Waals surface area contributed by atoms with Gasteiger partial charge >= 0.3 is 5.97 Å². The topological polar surface area (TPSA) is 83.5 Å². The van der Waals surface area contributed by atoms with Crippen molar-refractivity contribution < 1.29 is 19.5 Å². The van der Waals surface area contributed by atoms with Crippen LogP contribution in [0.4, 0.5) is 0 Å². The smallest absolute Gasteiger partial charge is 0.307 e. The highest BCUT2D eigenvalue weighted by atomic mass is 32.2. The SMILES string of the molecule is O=C1SCCC1NC(=O)C1C2CCC(CC2)C1C(=O)O. The van der Waals surface area contributed by atoms with Gasteiger partial charge in [0.1, 0.15) is 0 Å². The highest BCUT2D eigenvalue weighted by molar-refractivity contribution is 8.14. The van der Waals surface area contributed by atoms with Crippen molar-refractivity contribution in [3.63, 3.8) is 0 Å². The van der Waals surface area contributed by atoms with Crippen LogP contribution < -0.4 is 5.32 Å². The van der Waals surface area contributed by atoms with Crippen molar-refractivity contribution in [3.05, 3.63) is 0 Å². The molecular weight excluding hydrogens is 278 g/mol. The molecule has 5 nitrogen and oxygen atoms in total. The first-order valence-electron chi connectivity index (χ1n) is 7.27. The van der Waals surface area contributed by atoms with Gasteiger partial charge in [-0.3, -0.25) is 14.4 Å². The van der Waals surface area contributed by atoms with Gasteiger partial charge in [-0.05, 0) is 43.9 Å². The lowest BCUT2D eigenvalue weighted by molar-refractivity contribution is -0.158. The molecule has 20 heavy (non-hydrogen) atoms. The molecular formula is C14H19NO4S. The largest absolute Gasteiger partial charge is 0.481 e. The zero-order valence-corrected chi connectivity index (χ0v) is 12.0. The minimum Gasteiger partial charge on any atom is -0.481 e. The number of nitrogens with one attached hydrogen (secondary N) is 1. The van der Waals surface area contributed by atoms with Crippen molar-refractivity contribution in [2.75, 3.05) is 5.75 Å². The van der Waals surface area contributed by atoms with E-state index in [2.05, 4.69) is 5.32 Å². The van der Waals surface area contributed by atoms with Crippen LogP contribution in [0.25, 0.3) is 0 Å². The van der Waals surface area contributed by atoms with Crippen LogP contribution in [0.2, 0.25) is 0 Å². The van der Waals surface area contributed by atoms with Crippen LogP contribution in [0.3, 0.4) is 0 Å². The number of aliphatic carboxylic acids is 1. The predicted octanol–water partition coefficient (Wildman–Crippen LogP) is 1.27. The van der Waals surface area contributed by atoms with Gasteiger partial charge in [0.2, 0.25) is 11.0 Å². The van der Waals surface area contributed by atoms with E-state index in [0.29, 0.717) is 6.42 Å². The molecule has 4 rings (SSSR count). The number of hydrogen-bond donors (Lipinski definition) is 2. The summed E-state index contributed by atoms with van der Waals surface area (Å²) < 4.78 is 0. The standard InChI is InChI=1S/C14H19NO4S/c16-12(15-9-5-6-20-14(9)19)10-7-1-3-8(4-2-7)11(10)13(17)18/h7-11H,1-6H2,(H,15,16)(H,17,18). The quantitative estimate of drug-likeness (QED) is 0.819. The summed E-state index contributed by atoms with van der Waals surface area (Å²) in [4.78, 5) is 35.6. The molecule has 3 unspecified atom stereocenters. The van der Waals surface area contributed by atoms with Crippen molar-refractivity contribution >= 4 is 28.8 Å². The first kappa shape index (κ1) is 13.9. The predicted molar refractivity (Wildman–Crippen MR) is 74.1 cm³/mol. The van der Waals surface area contributed by atoms with Crippen molar-refractivity contribution in [2.45, 2.75) is 38.1 Å². The molecule has 3 atom stereocenters. The normalized spacial score (nSPS) is 39.8. The third kappa shape index (κ3) is 2.34. The summed E-state index contributed by atoms with van der Waals surface area (Å²) in [7, 11) is 0. The van der Waals surface area contributed by atoms with Gasteiger partial charge in [-0.15, -0.1) is 0 Å². The molecule has 1 saturated heterocycles. The van der Waals surface area contributed by atoms with Gasteiger partial charge in [-0.1, -0.05) is 11.8 Å². The Balaban J connectivity index is 1.74. The van der Waals surface area contributed by atoms with Gasteiger partial charge in [0.25, 0.3) is 0 Å². The van der Waals surface area contributed by atoms with Gasteiger partial charge < -0.3 is 10.4 Å². The van der Waals surface area contributed by atoms with Crippen LogP contribution >= 0.6 is 11.8 Å². The number of carboxylic acids is 1. The Morgan fingerprint density at radius 2 is 1.65 bits per heavy atom. The first-order valence-corrected chi connectivity index (χ1v) is 8.26. The third-order valence-electron chi connectivity index (χ3n) is 5.06. The fourth-order valence-electron chi connectivity index (χ4n) is 4.08. The second kappa shape index (κ2) is 5.39. The number of hydrogen-bond acceptors (Lipinski definition) is 4. The van der Waals surface area contributed by atoms with Crippen molar-refractivity contribution in [1.29, 1.82) is 0 Å². The summed E-state index contributed by atoms with van der Waals surface area (Å²) in [5.74, 6) is -1.04. The molecule has 110 valence electrons. The molecule has 0 aromatic rings. The molecule has 0 aromatic carbocycles. The average molecular weight is 297 g/mol. The van der Waals surface area contributed by atoms with Crippen LogP contribution in [0, 0.1) is 23.7 Å². The summed E-state index contributed by atoms with van der Waals surface area (Å²) >= 11 is 1.25. The van der Waals surface area contributed by atoms with Crippen molar-refractivity contribution in [3.8, 4) is 0 Å². The van der Waals surface area contributed by atoms with Gasteiger partial charge in [0.15, 0.2) is 0 Å². The number of fused-ring (bicyclic) bond motifs is 3. The number of carbonyl (C=O) groups is 3. The molecule has 2 bridgehead atoms. The number of thioether (sulfide) groups is 1. The van der Waals surface area contributed by atoms with E-state index in [-0.39, 0.29) is 22.9 Å². The van der Waals surface area contributed by atoms with E-state index in [4.69, 9.17) is 0 Å². The second-order valence-corrected chi connectivity index (χ2v) is 7.18. The van der Waals surface area contributed by atoms with Crippen molar-refractivity contribution in [2.24, 2.45) is 23.7 Å². The van der Waals surface area contributed by atoms with Crippen LogP contribution in [-0.4, -0.2) is 33.9 Å². The Morgan fingerprint density at radius 3 is 2.15 bits per heavy atom. The molecule has 6 heteroatoms. The number of carbonyl (C=O) groups excluding carboxylic acids is 2. The Bertz CT molecular complexity index is 444. The Labute approximate surface area is 121 Å². The lowest BCUT2D eigenvalue weighted by Gasteiger charge is -2.46. The van der Waals surface area contributed by atoms with Gasteiger partial charge in [-0.25, -0.2) is 0 Å². The summed E-state index contributed by atoms with van der Waals surface area (Å²) in [6.07, 6.45) is 4.39. The summed E-state index contributed by atoms with van der Waals surface area (Å²) in [6, 6.07) is -0.414. The molecule has 4 aliphatic rings. The first-order chi connectivity index (χ1) is 9.58. The maximum absolute atomic E-state index is 12.5. The zero-order chi connectivity index (χ0) is 14.3. The van der Waals surface area contributed by atoms with Crippen LogP contribution in [0.1, 0.15) is 32.1 Å². The van der Waals surface area contributed by atoms with E-state index < -0.39 is 23.8 Å². The molecule has 1 amide bonds. The molecule has 0 spiro atoms. The summed E-state index contributed by atoms with van der Waals surface area (Å²) in [5, 5.41) is 12.2. The Hall–Kier alpha value is -1.04. The average Bonchev–Trinajstić information content (AvgIpc) is 2.84. The highest BCUT2D eigenvalue weighted by Gasteiger charge is 2.50. The van der Waals surface area contributed by atoms with Gasteiger partial charge in [-0.2, -0.15) is 0 Å². The third-order valence-corrected chi connectivity index (χ3v) is 6.07. The van der Waals surface area contributed by atoms with E-state index in [0.717, 1.165) is 31.4 Å². The fourth-order valence-corrected chi connectivity index (χ4v) is 5.01. The minimum absolute atomic E-state index is 0.00574. The van der Waals surface area contributed by atoms with E-state index in [9.17, 15) is 19.5 Å². The van der Waals surface area contributed by atoms with Crippen LogP contribution in [0.5, 0.6) is 0 Å². The molecule has 3 aliphatic carbocycles. The molecule has 1 aliphatic heterocycles. The molecule has 0 aromatic heterocycles. The highest BCUT2D eigenvalue weighted by Crippen LogP contribution is 2.49. The Morgan fingerprint density at radius 1 is 1.05 bits per heavy atom. The second-order valence-electron chi connectivity index (χ2n) is 6.08. The van der Waals surface area contributed by atoms with E-state index >= 15 is 0 Å². The number of carboxylic acid groups (broad SMARTS) is 1. The zero-order valence-electron chi connectivity index (χ0n) is 11.2. The molecule has 3 saturated carbocycles. The molecule has 4 fully saturated rings. The summed E-state index contributed by atoms with van der Waals surface area (Å²) in [5.41, 5.74) is 0. The van der Waals surface area contributed by atoms with Crippen LogP contribution in [0.15, 0.2) is 0 Å². The fraction of sp³-hybridized carbons (Fsp3) is 0.786. The Kier molecular flexibility index (Phi) is 3.75. The monoisotopic (exact) mass is 297 g/mol. The maximum atomic E-state index is 12.5. The minimum atomic E-state index is -0.855. The molecule has 1 heterocycles. The molecule has 2 N–H and O–H groups in total. The number of amides is 1. The van der Waals surface area contributed by atoms with E-state index in [1.807, 2.05) is 0 Å². The van der Waals surface area contributed by atoms with E-state index in [1.54, 1.807) is 0 Å².